The molecule has 0 unspecified atom stereocenters. The molecular weight excluding hydrogens is 250 g/mol. The summed E-state index contributed by atoms with van der Waals surface area (Å²) >= 11 is 0. The smallest absolute Gasteiger partial charge is 0.321 e. The Morgan fingerprint density at radius 1 is 1.10 bits per heavy atom. The van der Waals surface area contributed by atoms with Crippen molar-refractivity contribution in [3.8, 4) is 0 Å². The average molecular weight is 269 g/mol. The van der Waals surface area contributed by atoms with Crippen molar-refractivity contribution in [2.75, 3.05) is 18.4 Å². The number of nitrogens with zero attached hydrogens (tertiary/aromatic N) is 2. The molecule has 1 aliphatic heterocycles. The van der Waals surface area contributed by atoms with E-state index in [0.29, 0.717) is 0 Å². The minimum Gasteiger partial charge on any atom is -0.325 e. The van der Waals surface area contributed by atoms with Crippen LogP contribution in [-0.4, -0.2) is 29.0 Å². The zero-order valence-electron chi connectivity index (χ0n) is 11.5. The van der Waals surface area contributed by atoms with E-state index in [-0.39, 0.29) is 6.03 Å². The van der Waals surface area contributed by atoms with E-state index in [2.05, 4.69) is 10.3 Å². The Bertz CT molecular complexity index is 603. The summed E-state index contributed by atoms with van der Waals surface area (Å²) in [4.78, 5) is 18.5. The van der Waals surface area contributed by atoms with Gasteiger partial charge in [-0.2, -0.15) is 0 Å². The number of benzene rings is 1. The number of para-hydroxylation sites is 1. The van der Waals surface area contributed by atoms with Crippen LogP contribution in [0.3, 0.4) is 0 Å². The van der Waals surface area contributed by atoms with Crippen LogP contribution < -0.4 is 5.32 Å². The standard InChI is InChI=1S/C16H19N3O/c20-16(19-9-5-1-2-6-10-19)18-14-11-13-7-3-4-8-15(13)17-12-14/h3-4,7-8,11-12H,1-2,5-6,9-10H2,(H,18,20). The summed E-state index contributed by atoms with van der Waals surface area (Å²) in [6.07, 6.45) is 6.37. The molecule has 0 radical (unpaired) electrons. The summed E-state index contributed by atoms with van der Waals surface area (Å²) in [6, 6.07) is 9.87. The van der Waals surface area contributed by atoms with Gasteiger partial charge in [0.1, 0.15) is 0 Å². The highest BCUT2D eigenvalue weighted by Gasteiger charge is 2.15. The first kappa shape index (κ1) is 12.9. The van der Waals surface area contributed by atoms with Gasteiger partial charge in [-0.1, -0.05) is 31.0 Å². The van der Waals surface area contributed by atoms with Crippen LogP contribution in [0.15, 0.2) is 36.5 Å². The van der Waals surface area contributed by atoms with E-state index in [1.807, 2.05) is 35.2 Å². The van der Waals surface area contributed by atoms with E-state index in [4.69, 9.17) is 0 Å². The second-order valence-electron chi connectivity index (χ2n) is 5.25. The number of hydrogen-bond acceptors (Lipinski definition) is 2. The van der Waals surface area contributed by atoms with Crippen molar-refractivity contribution in [3.05, 3.63) is 36.5 Å². The number of hydrogen-bond donors (Lipinski definition) is 1. The Balaban J connectivity index is 1.73. The molecule has 0 aliphatic carbocycles. The normalized spacial score (nSPS) is 15.9. The minimum absolute atomic E-state index is 0.0102. The summed E-state index contributed by atoms with van der Waals surface area (Å²) < 4.78 is 0. The Labute approximate surface area is 118 Å². The molecule has 4 heteroatoms. The third-order valence-electron chi connectivity index (χ3n) is 3.74. The van der Waals surface area contributed by atoms with Crippen LogP contribution in [0.25, 0.3) is 10.9 Å². The predicted molar refractivity (Wildman–Crippen MR) is 80.8 cm³/mol. The van der Waals surface area contributed by atoms with E-state index in [1.165, 1.54) is 12.8 Å². The summed E-state index contributed by atoms with van der Waals surface area (Å²) in [5.41, 5.74) is 1.71. The van der Waals surface area contributed by atoms with Crippen LogP contribution in [0, 0.1) is 0 Å². The Hall–Kier alpha value is -2.10. The highest BCUT2D eigenvalue weighted by molar-refractivity contribution is 5.92. The van der Waals surface area contributed by atoms with E-state index < -0.39 is 0 Å². The molecule has 20 heavy (non-hydrogen) atoms. The Morgan fingerprint density at radius 3 is 2.65 bits per heavy atom. The number of nitrogens with one attached hydrogen (secondary N) is 1. The lowest BCUT2D eigenvalue weighted by atomic mass is 10.2. The lowest BCUT2D eigenvalue weighted by Crippen LogP contribution is -2.35. The van der Waals surface area contributed by atoms with Crippen molar-refractivity contribution >= 4 is 22.6 Å². The van der Waals surface area contributed by atoms with Crippen LogP contribution in [0.2, 0.25) is 0 Å². The highest BCUT2D eigenvalue weighted by Crippen LogP contribution is 2.17. The molecule has 0 bridgehead atoms. The average Bonchev–Trinajstić information content (AvgIpc) is 2.76. The van der Waals surface area contributed by atoms with Crippen molar-refractivity contribution in [1.29, 1.82) is 0 Å². The summed E-state index contributed by atoms with van der Waals surface area (Å²) in [6.45, 7) is 1.71. The number of amides is 2. The number of urea groups is 1. The number of carbonyl (C=O) groups is 1. The topological polar surface area (TPSA) is 45.2 Å². The summed E-state index contributed by atoms with van der Waals surface area (Å²) in [5.74, 6) is 0. The number of rotatable bonds is 1. The molecule has 1 aliphatic rings. The molecule has 0 spiro atoms. The molecule has 1 saturated heterocycles. The first-order valence-corrected chi connectivity index (χ1v) is 7.24. The number of anilines is 1. The van der Waals surface area contributed by atoms with Crippen molar-refractivity contribution in [2.24, 2.45) is 0 Å². The molecular formula is C16H19N3O. The van der Waals surface area contributed by atoms with Crippen LogP contribution in [0.4, 0.5) is 10.5 Å². The van der Waals surface area contributed by atoms with Gasteiger partial charge < -0.3 is 10.2 Å². The van der Waals surface area contributed by atoms with Crippen LogP contribution in [0.5, 0.6) is 0 Å². The molecule has 1 aromatic heterocycles. The maximum absolute atomic E-state index is 12.2. The van der Waals surface area contributed by atoms with Crippen LogP contribution in [-0.2, 0) is 0 Å². The maximum atomic E-state index is 12.2. The predicted octanol–water partition coefficient (Wildman–Crippen LogP) is 3.64. The zero-order chi connectivity index (χ0) is 13.8. The molecule has 2 heterocycles. The van der Waals surface area contributed by atoms with Crippen LogP contribution >= 0.6 is 0 Å². The fourth-order valence-electron chi connectivity index (χ4n) is 2.62. The van der Waals surface area contributed by atoms with Gasteiger partial charge in [-0.25, -0.2) is 4.79 Å². The van der Waals surface area contributed by atoms with E-state index in [0.717, 1.165) is 42.5 Å². The summed E-state index contributed by atoms with van der Waals surface area (Å²) in [5, 5.41) is 4.00. The number of carbonyl (C=O) groups excluding carboxylic acids is 1. The third-order valence-corrected chi connectivity index (χ3v) is 3.74. The van der Waals surface area contributed by atoms with Gasteiger partial charge in [0.15, 0.2) is 0 Å². The van der Waals surface area contributed by atoms with Crippen LogP contribution in [0.1, 0.15) is 25.7 Å². The van der Waals surface area contributed by atoms with Gasteiger partial charge in [0.05, 0.1) is 17.4 Å². The Kier molecular flexibility index (Phi) is 3.81. The first-order chi connectivity index (χ1) is 9.83. The number of aromatic nitrogens is 1. The first-order valence-electron chi connectivity index (χ1n) is 7.24. The Morgan fingerprint density at radius 2 is 1.85 bits per heavy atom. The third kappa shape index (κ3) is 2.90. The summed E-state index contributed by atoms with van der Waals surface area (Å²) in [7, 11) is 0. The molecule has 1 fully saturated rings. The highest BCUT2D eigenvalue weighted by atomic mass is 16.2. The van der Waals surface area contributed by atoms with Gasteiger partial charge in [0.25, 0.3) is 0 Å². The number of fused-ring (bicyclic) bond motifs is 1. The van der Waals surface area contributed by atoms with E-state index in [1.54, 1.807) is 6.20 Å². The monoisotopic (exact) mass is 269 g/mol. The van der Waals surface area contributed by atoms with Gasteiger partial charge >= 0.3 is 6.03 Å². The number of pyridine rings is 1. The molecule has 104 valence electrons. The van der Waals surface area contributed by atoms with Gasteiger partial charge in [-0.3, -0.25) is 4.98 Å². The molecule has 1 N–H and O–H groups in total. The maximum Gasteiger partial charge on any atom is 0.321 e. The second-order valence-corrected chi connectivity index (χ2v) is 5.25. The van der Waals surface area contributed by atoms with Gasteiger partial charge in [0.2, 0.25) is 0 Å². The largest absolute Gasteiger partial charge is 0.325 e. The van der Waals surface area contributed by atoms with Gasteiger partial charge in [0, 0.05) is 18.5 Å². The molecule has 0 atom stereocenters. The van der Waals surface area contributed by atoms with E-state index >= 15 is 0 Å². The SMILES string of the molecule is O=C(Nc1cnc2ccccc2c1)N1CCCCCC1. The lowest BCUT2D eigenvalue weighted by molar-refractivity contribution is 0.214. The van der Waals surface area contributed by atoms with E-state index in [9.17, 15) is 4.79 Å². The molecule has 1 aromatic carbocycles. The molecule has 4 nitrogen and oxygen atoms in total. The van der Waals surface area contributed by atoms with Gasteiger partial charge in [-0.15, -0.1) is 0 Å². The quantitative estimate of drug-likeness (QED) is 0.859. The lowest BCUT2D eigenvalue weighted by Gasteiger charge is -2.20. The van der Waals surface area contributed by atoms with Gasteiger partial charge in [-0.05, 0) is 25.0 Å². The molecule has 2 aromatic rings. The molecule has 3 rings (SSSR count). The second kappa shape index (κ2) is 5.90. The fourth-order valence-corrected chi connectivity index (χ4v) is 2.62. The fraction of sp³-hybridized carbons (Fsp3) is 0.375. The molecule has 0 saturated carbocycles. The number of likely N-dealkylation sites (tertiary alicyclic amines) is 1. The zero-order valence-corrected chi connectivity index (χ0v) is 11.5. The van der Waals surface area contributed by atoms with Crippen molar-refractivity contribution in [3.63, 3.8) is 0 Å². The van der Waals surface area contributed by atoms with Crippen molar-refractivity contribution in [2.45, 2.75) is 25.7 Å². The van der Waals surface area contributed by atoms with Crippen molar-refractivity contribution < 1.29 is 4.79 Å². The molecule has 2 amide bonds. The van der Waals surface area contributed by atoms with Crippen molar-refractivity contribution in [1.82, 2.24) is 9.88 Å². The minimum atomic E-state index is -0.0102.